The Morgan fingerprint density at radius 3 is 3.00 bits per heavy atom. The normalized spacial score (nSPS) is 9.75. The predicted octanol–water partition coefficient (Wildman–Crippen LogP) is 2.36. The predicted molar refractivity (Wildman–Crippen MR) is 56.4 cm³/mol. The second kappa shape index (κ2) is 4.13. The molecule has 6 heteroatoms. The molecular weight excluding hydrogens is 230 g/mol. The number of nitrogens with zero attached hydrogens (tertiary/aromatic N) is 3. The molecule has 0 aliphatic rings. The highest BCUT2D eigenvalue weighted by atomic mass is 35.5. The minimum absolute atomic E-state index is 0.0426. The van der Waals surface area contributed by atoms with Gasteiger partial charge in [0, 0.05) is 12.3 Å². The summed E-state index contributed by atoms with van der Waals surface area (Å²) in [7, 11) is 0. The van der Waals surface area contributed by atoms with Crippen LogP contribution in [0.5, 0.6) is 17.5 Å². The van der Waals surface area contributed by atoms with Gasteiger partial charge in [-0.1, -0.05) is 11.6 Å². The van der Waals surface area contributed by atoms with Gasteiger partial charge in [-0.15, -0.1) is 0 Å². The van der Waals surface area contributed by atoms with E-state index in [1.807, 2.05) is 6.19 Å². The summed E-state index contributed by atoms with van der Waals surface area (Å²) in [5, 5.41) is 18.1. The van der Waals surface area contributed by atoms with Gasteiger partial charge in [0.05, 0.1) is 11.2 Å². The highest BCUT2D eigenvalue weighted by Crippen LogP contribution is 2.31. The minimum Gasteiger partial charge on any atom is -0.508 e. The van der Waals surface area contributed by atoms with Gasteiger partial charge < -0.3 is 9.84 Å². The largest absolute Gasteiger partial charge is 0.508 e. The van der Waals surface area contributed by atoms with Crippen LogP contribution in [0.4, 0.5) is 0 Å². The summed E-state index contributed by atoms with van der Waals surface area (Å²) in [6.45, 7) is 0. The van der Waals surface area contributed by atoms with Crippen molar-refractivity contribution < 1.29 is 9.84 Å². The van der Waals surface area contributed by atoms with Gasteiger partial charge in [-0.2, -0.15) is 5.26 Å². The lowest BCUT2D eigenvalue weighted by molar-refractivity contribution is 0.432. The van der Waals surface area contributed by atoms with Crippen LogP contribution in [0.3, 0.4) is 0 Å². The standard InChI is InChI=1S/C10H6ClN3O2/c11-8-5-7(15)1-2-9(8)16-10-13-3-4-14(10)6-12/h1-5,15H. The van der Waals surface area contributed by atoms with E-state index < -0.39 is 0 Å². The van der Waals surface area contributed by atoms with Crippen molar-refractivity contribution in [2.75, 3.05) is 0 Å². The molecule has 0 fully saturated rings. The summed E-state index contributed by atoms with van der Waals surface area (Å²) < 4.78 is 6.47. The number of ether oxygens (including phenoxy) is 1. The van der Waals surface area contributed by atoms with Crippen molar-refractivity contribution in [2.24, 2.45) is 0 Å². The third-order valence-corrected chi connectivity index (χ3v) is 2.13. The lowest BCUT2D eigenvalue weighted by Crippen LogP contribution is -1.93. The van der Waals surface area contributed by atoms with Crippen molar-refractivity contribution in [3.8, 4) is 23.7 Å². The van der Waals surface area contributed by atoms with Crippen LogP contribution >= 0.6 is 11.6 Å². The van der Waals surface area contributed by atoms with E-state index in [-0.39, 0.29) is 16.8 Å². The number of aromatic nitrogens is 2. The molecular formula is C10H6ClN3O2. The zero-order valence-corrected chi connectivity index (χ0v) is 8.72. The highest BCUT2D eigenvalue weighted by molar-refractivity contribution is 6.32. The monoisotopic (exact) mass is 235 g/mol. The molecule has 0 spiro atoms. The van der Waals surface area contributed by atoms with Crippen LogP contribution in [0.1, 0.15) is 0 Å². The molecule has 0 saturated carbocycles. The molecule has 0 aliphatic heterocycles. The Bertz CT molecular complexity index is 559. The highest BCUT2D eigenvalue weighted by Gasteiger charge is 2.08. The molecule has 0 bridgehead atoms. The molecule has 16 heavy (non-hydrogen) atoms. The van der Waals surface area contributed by atoms with E-state index >= 15 is 0 Å². The van der Waals surface area contributed by atoms with Crippen molar-refractivity contribution in [3.05, 3.63) is 35.6 Å². The topological polar surface area (TPSA) is 71.1 Å². The number of aromatic hydroxyl groups is 1. The van der Waals surface area contributed by atoms with Crippen LogP contribution in [-0.2, 0) is 0 Å². The van der Waals surface area contributed by atoms with Gasteiger partial charge in [0.25, 0.3) is 0 Å². The Morgan fingerprint density at radius 1 is 1.50 bits per heavy atom. The number of nitriles is 1. The summed E-state index contributed by atoms with van der Waals surface area (Å²) in [4.78, 5) is 3.84. The van der Waals surface area contributed by atoms with Crippen LogP contribution < -0.4 is 4.74 Å². The van der Waals surface area contributed by atoms with Gasteiger partial charge in [-0.25, -0.2) is 9.55 Å². The summed E-state index contributed by atoms with van der Waals surface area (Å²) in [6, 6.07) is 4.39. The van der Waals surface area contributed by atoms with E-state index in [1.54, 1.807) is 0 Å². The molecule has 1 aromatic carbocycles. The zero-order chi connectivity index (χ0) is 11.5. The molecule has 0 amide bonds. The van der Waals surface area contributed by atoms with E-state index in [1.165, 1.54) is 30.6 Å². The maximum Gasteiger partial charge on any atom is 0.315 e. The molecule has 0 saturated heterocycles. The SMILES string of the molecule is N#Cn1ccnc1Oc1ccc(O)cc1Cl. The van der Waals surface area contributed by atoms with Crippen molar-refractivity contribution in [1.29, 1.82) is 5.26 Å². The van der Waals surface area contributed by atoms with E-state index in [9.17, 15) is 0 Å². The molecule has 5 nitrogen and oxygen atoms in total. The fourth-order valence-electron chi connectivity index (χ4n) is 1.11. The van der Waals surface area contributed by atoms with Crippen molar-refractivity contribution >= 4 is 11.6 Å². The molecule has 0 unspecified atom stereocenters. The average molecular weight is 236 g/mol. The molecule has 2 rings (SSSR count). The first-order valence-corrected chi connectivity index (χ1v) is 4.68. The summed E-state index contributed by atoms with van der Waals surface area (Å²) in [5.74, 6) is 0.364. The van der Waals surface area contributed by atoms with Crippen LogP contribution in [-0.4, -0.2) is 14.7 Å². The van der Waals surface area contributed by atoms with E-state index in [0.717, 1.165) is 4.57 Å². The van der Waals surface area contributed by atoms with Crippen LogP contribution in [0, 0.1) is 11.5 Å². The third-order valence-electron chi connectivity index (χ3n) is 1.83. The van der Waals surface area contributed by atoms with Gasteiger partial charge in [0.2, 0.25) is 0 Å². The number of benzene rings is 1. The first-order valence-electron chi connectivity index (χ1n) is 4.30. The van der Waals surface area contributed by atoms with Gasteiger partial charge in [0.15, 0.2) is 6.19 Å². The van der Waals surface area contributed by atoms with Gasteiger partial charge in [-0.05, 0) is 12.1 Å². The molecule has 0 aliphatic carbocycles. The second-order valence-corrected chi connectivity index (χ2v) is 3.30. The number of imidazole rings is 1. The molecule has 1 aromatic heterocycles. The maximum atomic E-state index is 9.15. The molecule has 0 radical (unpaired) electrons. The molecule has 0 atom stereocenters. The summed E-state index contributed by atoms with van der Waals surface area (Å²) >= 11 is 5.84. The summed E-state index contributed by atoms with van der Waals surface area (Å²) in [5.41, 5.74) is 0. The molecule has 1 N–H and O–H groups in total. The Hall–Kier alpha value is -2.19. The number of halogens is 1. The number of phenolic OH excluding ortho intramolecular Hbond substituents is 1. The van der Waals surface area contributed by atoms with Crippen LogP contribution in [0.15, 0.2) is 30.6 Å². The number of hydrogen-bond acceptors (Lipinski definition) is 4. The van der Waals surface area contributed by atoms with Crippen LogP contribution in [0.25, 0.3) is 0 Å². The lowest BCUT2D eigenvalue weighted by Gasteiger charge is -2.05. The number of rotatable bonds is 2. The van der Waals surface area contributed by atoms with Crippen molar-refractivity contribution in [1.82, 2.24) is 9.55 Å². The van der Waals surface area contributed by atoms with E-state index in [2.05, 4.69) is 4.98 Å². The number of phenols is 1. The first kappa shape index (κ1) is 10.3. The minimum atomic E-state index is 0.0426. The smallest absolute Gasteiger partial charge is 0.315 e. The molecule has 2 aromatic rings. The van der Waals surface area contributed by atoms with Gasteiger partial charge >= 0.3 is 6.01 Å². The summed E-state index contributed by atoms with van der Waals surface area (Å²) in [6.07, 6.45) is 4.76. The van der Waals surface area contributed by atoms with Gasteiger partial charge in [0.1, 0.15) is 11.5 Å². The fraction of sp³-hybridized carbons (Fsp3) is 0. The Kier molecular flexibility index (Phi) is 2.66. The second-order valence-electron chi connectivity index (χ2n) is 2.90. The average Bonchev–Trinajstić information content (AvgIpc) is 2.69. The zero-order valence-electron chi connectivity index (χ0n) is 7.96. The van der Waals surface area contributed by atoms with Crippen molar-refractivity contribution in [2.45, 2.75) is 0 Å². The van der Waals surface area contributed by atoms with E-state index in [0.29, 0.717) is 5.75 Å². The quantitative estimate of drug-likeness (QED) is 0.867. The number of hydrogen-bond donors (Lipinski definition) is 1. The Labute approximate surface area is 96.1 Å². The third kappa shape index (κ3) is 1.92. The molecule has 1 heterocycles. The molecule has 80 valence electrons. The fourth-order valence-corrected chi connectivity index (χ4v) is 1.33. The Balaban J connectivity index is 2.31. The lowest BCUT2D eigenvalue weighted by atomic mass is 10.3. The van der Waals surface area contributed by atoms with Gasteiger partial charge in [-0.3, -0.25) is 0 Å². The van der Waals surface area contributed by atoms with Crippen molar-refractivity contribution in [3.63, 3.8) is 0 Å². The van der Waals surface area contributed by atoms with E-state index in [4.69, 9.17) is 26.7 Å². The van der Waals surface area contributed by atoms with Crippen LogP contribution in [0.2, 0.25) is 5.02 Å². The maximum absolute atomic E-state index is 9.15. The Morgan fingerprint density at radius 2 is 2.31 bits per heavy atom. The first-order chi connectivity index (χ1) is 7.70.